The van der Waals surface area contributed by atoms with Crippen LogP contribution < -0.4 is 0 Å². The molecule has 26 heavy (non-hydrogen) atoms. The van der Waals surface area contributed by atoms with Crippen LogP contribution >= 0.6 is 0 Å². The lowest BCUT2D eigenvalue weighted by Gasteiger charge is -2.47. The lowest BCUT2D eigenvalue weighted by Crippen LogP contribution is -2.59. The Morgan fingerprint density at radius 1 is 0.692 bits per heavy atom. The molecule has 0 aliphatic heterocycles. The van der Waals surface area contributed by atoms with Crippen molar-refractivity contribution in [2.45, 2.75) is 108 Å². The molecule has 0 heterocycles. The quantitative estimate of drug-likeness (QED) is 0.296. The van der Waals surface area contributed by atoms with Crippen LogP contribution in [0.1, 0.15) is 95.4 Å². The molecule has 1 nitrogen and oxygen atoms in total. The van der Waals surface area contributed by atoms with Crippen molar-refractivity contribution in [2.75, 3.05) is 13.2 Å². The number of halogens is 5. The van der Waals surface area contributed by atoms with Gasteiger partial charge >= 0.3 is 6.18 Å². The lowest BCUT2D eigenvalue weighted by atomic mass is 9.66. The van der Waals surface area contributed by atoms with E-state index in [2.05, 4.69) is 0 Å². The smallest absolute Gasteiger partial charge is 0.381 e. The van der Waals surface area contributed by atoms with Gasteiger partial charge in [-0.3, -0.25) is 0 Å². The summed E-state index contributed by atoms with van der Waals surface area (Å²) in [4.78, 5) is 0. The molecular weight excluding hydrogens is 351 g/mol. The van der Waals surface area contributed by atoms with E-state index in [1.807, 2.05) is 48.5 Å². The van der Waals surface area contributed by atoms with Crippen LogP contribution in [-0.2, 0) is 4.74 Å². The molecule has 0 bridgehead atoms. The Bertz CT molecular complexity index is 305. The van der Waals surface area contributed by atoms with Gasteiger partial charge in [0, 0.05) is 6.61 Å². The third-order valence-corrected chi connectivity index (χ3v) is 4.33. The van der Waals surface area contributed by atoms with Gasteiger partial charge in [-0.25, -0.2) is 8.78 Å². The molecule has 0 radical (unpaired) electrons. The molecule has 2 unspecified atom stereocenters. The van der Waals surface area contributed by atoms with Gasteiger partial charge in [-0.05, 0) is 26.2 Å². The number of hydrogen-bond donors (Lipinski definition) is 0. The SMILES string of the molecule is CC.CC.CC.CCCOCC(C)(CC)C(F)(F)C(C)(CC)C(F)(F)F. The van der Waals surface area contributed by atoms with E-state index in [4.69, 9.17) is 4.74 Å². The van der Waals surface area contributed by atoms with E-state index in [1.54, 1.807) is 0 Å². The van der Waals surface area contributed by atoms with Crippen molar-refractivity contribution in [3.8, 4) is 0 Å². The highest BCUT2D eigenvalue weighted by atomic mass is 19.4. The van der Waals surface area contributed by atoms with Crippen LogP contribution in [0, 0.1) is 10.8 Å². The largest absolute Gasteiger partial charge is 0.399 e. The van der Waals surface area contributed by atoms with Crippen molar-refractivity contribution in [2.24, 2.45) is 10.8 Å². The molecule has 0 aliphatic rings. The van der Waals surface area contributed by atoms with Gasteiger partial charge in [0.2, 0.25) is 0 Å². The molecule has 0 saturated carbocycles. The van der Waals surface area contributed by atoms with Crippen LogP contribution in [0.15, 0.2) is 0 Å². The molecule has 0 aromatic rings. The van der Waals surface area contributed by atoms with E-state index in [9.17, 15) is 22.0 Å². The topological polar surface area (TPSA) is 9.23 Å². The second-order valence-electron chi connectivity index (χ2n) is 5.72. The Hall–Kier alpha value is -0.390. The molecule has 0 aliphatic carbocycles. The minimum absolute atomic E-state index is 0.0879. The van der Waals surface area contributed by atoms with Crippen LogP contribution in [0.5, 0.6) is 0 Å². The Balaban J connectivity index is -0.000000362. The van der Waals surface area contributed by atoms with Crippen molar-refractivity contribution in [1.82, 2.24) is 0 Å². The van der Waals surface area contributed by atoms with Crippen LogP contribution in [0.3, 0.4) is 0 Å². The first-order valence-electron chi connectivity index (χ1n) is 9.95. The first-order valence-corrected chi connectivity index (χ1v) is 9.95. The summed E-state index contributed by atoms with van der Waals surface area (Å²) in [5, 5.41) is 0. The van der Waals surface area contributed by atoms with Gasteiger partial charge in [-0.2, -0.15) is 13.2 Å². The van der Waals surface area contributed by atoms with E-state index >= 15 is 0 Å². The average Bonchev–Trinajstić information content (AvgIpc) is 2.64. The van der Waals surface area contributed by atoms with Gasteiger partial charge in [0.05, 0.1) is 12.0 Å². The summed E-state index contributed by atoms with van der Waals surface area (Å²) in [5.74, 6) is -3.91. The minimum Gasteiger partial charge on any atom is -0.381 e. The highest BCUT2D eigenvalue weighted by Gasteiger charge is 2.70. The zero-order chi connectivity index (χ0) is 22.2. The summed E-state index contributed by atoms with van der Waals surface area (Å²) in [7, 11) is 0. The molecule has 0 rings (SSSR count). The van der Waals surface area contributed by atoms with Gasteiger partial charge in [0.25, 0.3) is 5.92 Å². The van der Waals surface area contributed by atoms with Gasteiger partial charge < -0.3 is 4.74 Å². The molecular formula is C20H43F5O. The van der Waals surface area contributed by atoms with E-state index in [-0.39, 0.29) is 19.6 Å². The van der Waals surface area contributed by atoms with E-state index in [0.29, 0.717) is 13.3 Å². The molecule has 0 amide bonds. The fourth-order valence-electron chi connectivity index (χ4n) is 2.12. The Morgan fingerprint density at radius 3 is 1.31 bits per heavy atom. The first kappa shape index (κ1) is 33.2. The van der Waals surface area contributed by atoms with Crippen LogP contribution in [-0.4, -0.2) is 25.3 Å². The molecule has 0 N–H and O–H groups in total. The summed E-state index contributed by atoms with van der Waals surface area (Å²) < 4.78 is 73.8. The average molecular weight is 395 g/mol. The number of ether oxygens (including phenoxy) is 1. The zero-order valence-corrected chi connectivity index (χ0v) is 18.8. The Kier molecular flexibility index (Phi) is 20.0. The van der Waals surface area contributed by atoms with Crippen molar-refractivity contribution >= 4 is 0 Å². The van der Waals surface area contributed by atoms with Crippen molar-refractivity contribution in [3.05, 3.63) is 0 Å². The fraction of sp³-hybridized carbons (Fsp3) is 1.00. The molecule has 2 atom stereocenters. The highest BCUT2D eigenvalue weighted by Crippen LogP contribution is 2.59. The minimum atomic E-state index is -4.97. The van der Waals surface area contributed by atoms with Crippen molar-refractivity contribution < 1.29 is 26.7 Å². The third-order valence-electron chi connectivity index (χ3n) is 4.33. The first-order chi connectivity index (χ1) is 11.9. The zero-order valence-electron chi connectivity index (χ0n) is 18.8. The second-order valence-corrected chi connectivity index (χ2v) is 5.72. The van der Waals surface area contributed by atoms with Gasteiger partial charge in [0.15, 0.2) is 0 Å². The molecule has 0 fully saturated rings. The number of rotatable bonds is 8. The van der Waals surface area contributed by atoms with Crippen LogP contribution in [0.25, 0.3) is 0 Å². The van der Waals surface area contributed by atoms with Gasteiger partial charge in [-0.1, -0.05) is 69.2 Å². The van der Waals surface area contributed by atoms with E-state index in [1.165, 1.54) is 13.8 Å². The van der Waals surface area contributed by atoms with Gasteiger partial charge in [-0.15, -0.1) is 0 Å². The van der Waals surface area contributed by atoms with E-state index < -0.39 is 29.3 Å². The molecule has 0 aromatic heterocycles. The predicted octanol–water partition coefficient (Wildman–Crippen LogP) is 8.52. The summed E-state index contributed by atoms with van der Waals surface area (Å²) in [5.41, 5.74) is -4.90. The summed E-state index contributed by atoms with van der Waals surface area (Å²) >= 11 is 0. The summed E-state index contributed by atoms with van der Waals surface area (Å²) in [6, 6.07) is 0. The number of hydrogen-bond acceptors (Lipinski definition) is 1. The second kappa shape index (κ2) is 15.6. The molecule has 0 saturated heterocycles. The number of alkyl halides is 5. The highest BCUT2D eigenvalue weighted by molar-refractivity contribution is 5.03. The van der Waals surface area contributed by atoms with Gasteiger partial charge in [0.1, 0.15) is 5.41 Å². The fourth-order valence-corrected chi connectivity index (χ4v) is 2.12. The monoisotopic (exact) mass is 394 g/mol. The standard InChI is InChI=1S/C14H25F5O.3C2H6/c1-6-9-20-10-11(4,7-2)13(15,16)12(5,8-3)14(17,18)19;3*1-2/h6-10H2,1-5H3;3*1-2H3. The molecule has 0 spiro atoms. The third kappa shape index (κ3) is 8.10. The lowest BCUT2D eigenvalue weighted by molar-refractivity contribution is -0.328. The van der Waals surface area contributed by atoms with Crippen LogP contribution in [0.2, 0.25) is 0 Å². The Morgan fingerprint density at radius 2 is 1.08 bits per heavy atom. The molecule has 0 aromatic carbocycles. The summed E-state index contributed by atoms with van der Waals surface area (Å²) in [6.45, 7) is 18.1. The van der Waals surface area contributed by atoms with Crippen LogP contribution in [0.4, 0.5) is 22.0 Å². The maximum absolute atomic E-state index is 14.6. The maximum Gasteiger partial charge on any atom is 0.399 e. The Labute approximate surface area is 159 Å². The molecule has 6 heteroatoms. The maximum atomic E-state index is 14.6. The normalized spacial score (nSPS) is 15.7. The summed E-state index contributed by atoms with van der Waals surface area (Å²) in [6.07, 6.45) is -5.09. The van der Waals surface area contributed by atoms with Crippen molar-refractivity contribution in [3.63, 3.8) is 0 Å². The molecule has 164 valence electrons. The van der Waals surface area contributed by atoms with E-state index in [0.717, 1.165) is 6.92 Å². The predicted molar refractivity (Wildman–Crippen MR) is 103 cm³/mol. The van der Waals surface area contributed by atoms with Crippen molar-refractivity contribution in [1.29, 1.82) is 0 Å².